The van der Waals surface area contributed by atoms with E-state index in [0.717, 1.165) is 15.4 Å². The molecule has 3 atom stereocenters. The minimum Gasteiger partial charge on any atom is -0.378 e. The van der Waals surface area contributed by atoms with E-state index in [9.17, 15) is 0 Å². The summed E-state index contributed by atoms with van der Waals surface area (Å²) in [6.07, 6.45) is 5.85. The van der Waals surface area contributed by atoms with Crippen molar-refractivity contribution in [3.05, 3.63) is 74.7 Å². The molecule has 0 saturated heterocycles. The van der Waals surface area contributed by atoms with Crippen LogP contribution in [-0.4, -0.2) is 0 Å². The first-order valence-electron chi connectivity index (χ1n) is 7.20. The first-order chi connectivity index (χ1) is 10.2. The van der Waals surface area contributed by atoms with E-state index in [4.69, 9.17) is 0 Å². The van der Waals surface area contributed by atoms with E-state index < -0.39 is 0 Å². The van der Waals surface area contributed by atoms with Crippen molar-refractivity contribution in [3.63, 3.8) is 0 Å². The molecule has 1 nitrogen and oxygen atoms in total. The Morgan fingerprint density at radius 2 is 1.71 bits per heavy atom. The fourth-order valence-electron chi connectivity index (χ4n) is 3.57. The Labute approximate surface area is 141 Å². The highest BCUT2D eigenvalue weighted by molar-refractivity contribution is 9.10. The SMILES string of the molecule is Brc1ccc([C@@H]2Nc3ccc(Br)cc3[C@H]3C=CC[C@H]32)cc1. The number of halogens is 2. The summed E-state index contributed by atoms with van der Waals surface area (Å²) < 4.78 is 2.29. The second-order valence-corrected chi connectivity index (χ2v) is 7.59. The minimum absolute atomic E-state index is 0.381. The van der Waals surface area contributed by atoms with Crippen molar-refractivity contribution >= 4 is 37.5 Å². The Bertz CT molecular complexity index is 706. The lowest BCUT2D eigenvalue weighted by atomic mass is 9.77. The van der Waals surface area contributed by atoms with Gasteiger partial charge in [-0.3, -0.25) is 0 Å². The van der Waals surface area contributed by atoms with Gasteiger partial charge in [0.1, 0.15) is 0 Å². The average molecular weight is 405 g/mol. The van der Waals surface area contributed by atoms with Crippen LogP contribution in [0.1, 0.15) is 29.5 Å². The molecule has 1 aliphatic carbocycles. The molecule has 0 spiro atoms. The molecule has 0 saturated carbocycles. The summed E-state index contributed by atoms with van der Waals surface area (Å²) in [7, 11) is 0. The first kappa shape index (κ1) is 13.6. The van der Waals surface area contributed by atoms with Crippen LogP contribution in [-0.2, 0) is 0 Å². The van der Waals surface area contributed by atoms with Gasteiger partial charge >= 0.3 is 0 Å². The van der Waals surface area contributed by atoms with E-state index in [1.54, 1.807) is 0 Å². The number of hydrogen-bond acceptors (Lipinski definition) is 1. The fraction of sp³-hybridized carbons (Fsp3) is 0.222. The van der Waals surface area contributed by atoms with Gasteiger partial charge in [-0.1, -0.05) is 56.1 Å². The zero-order chi connectivity index (χ0) is 14.4. The summed E-state index contributed by atoms with van der Waals surface area (Å²) in [6, 6.07) is 15.6. The Kier molecular flexibility index (Phi) is 3.43. The summed E-state index contributed by atoms with van der Waals surface area (Å²) in [5.74, 6) is 1.13. The summed E-state index contributed by atoms with van der Waals surface area (Å²) in [4.78, 5) is 0. The molecule has 0 bridgehead atoms. The Balaban J connectivity index is 1.78. The molecule has 3 heteroatoms. The van der Waals surface area contributed by atoms with Crippen molar-refractivity contribution in [2.75, 3.05) is 5.32 Å². The number of hydrogen-bond donors (Lipinski definition) is 1. The van der Waals surface area contributed by atoms with Crippen LogP contribution in [0.15, 0.2) is 63.6 Å². The van der Waals surface area contributed by atoms with Crippen LogP contribution < -0.4 is 5.32 Å². The molecule has 0 radical (unpaired) electrons. The first-order valence-corrected chi connectivity index (χ1v) is 8.79. The van der Waals surface area contributed by atoms with E-state index in [1.165, 1.54) is 16.8 Å². The minimum atomic E-state index is 0.381. The van der Waals surface area contributed by atoms with Crippen molar-refractivity contribution in [2.24, 2.45) is 5.92 Å². The third-order valence-electron chi connectivity index (χ3n) is 4.55. The number of rotatable bonds is 1. The molecule has 21 heavy (non-hydrogen) atoms. The third-order valence-corrected chi connectivity index (χ3v) is 5.58. The van der Waals surface area contributed by atoms with Crippen LogP contribution in [0.5, 0.6) is 0 Å². The highest BCUT2D eigenvalue weighted by Gasteiger charge is 2.37. The Hall–Kier alpha value is -1.06. The van der Waals surface area contributed by atoms with Crippen molar-refractivity contribution in [2.45, 2.75) is 18.4 Å². The molecular weight excluding hydrogens is 390 g/mol. The van der Waals surface area contributed by atoms with Crippen LogP contribution in [0.2, 0.25) is 0 Å². The van der Waals surface area contributed by atoms with Gasteiger partial charge in [0.15, 0.2) is 0 Å². The van der Waals surface area contributed by atoms with Crippen molar-refractivity contribution in [1.82, 2.24) is 0 Å². The largest absolute Gasteiger partial charge is 0.378 e. The van der Waals surface area contributed by atoms with Crippen LogP contribution >= 0.6 is 31.9 Å². The van der Waals surface area contributed by atoms with Crippen LogP contribution in [0, 0.1) is 5.92 Å². The van der Waals surface area contributed by atoms with Gasteiger partial charge in [0.25, 0.3) is 0 Å². The monoisotopic (exact) mass is 403 g/mol. The third kappa shape index (κ3) is 2.36. The van der Waals surface area contributed by atoms with Gasteiger partial charge in [-0.15, -0.1) is 0 Å². The smallest absolute Gasteiger partial charge is 0.0553 e. The van der Waals surface area contributed by atoms with Gasteiger partial charge in [-0.05, 0) is 53.8 Å². The predicted molar refractivity (Wildman–Crippen MR) is 94.6 cm³/mol. The topological polar surface area (TPSA) is 12.0 Å². The number of allylic oxidation sites excluding steroid dienone is 2. The number of fused-ring (bicyclic) bond motifs is 3. The number of benzene rings is 2. The molecule has 2 aliphatic rings. The van der Waals surface area contributed by atoms with Gasteiger partial charge in [0, 0.05) is 20.6 Å². The molecule has 2 aromatic rings. The molecule has 4 rings (SSSR count). The summed E-state index contributed by atoms with van der Waals surface area (Å²) in [6.45, 7) is 0. The zero-order valence-electron chi connectivity index (χ0n) is 11.4. The van der Waals surface area contributed by atoms with Crippen molar-refractivity contribution < 1.29 is 0 Å². The summed E-state index contributed by atoms with van der Waals surface area (Å²) in [5.41, 5.74) is 4.04. The van der Waals surface area contributed by atoms with Crippen LogP contribution in [0.4, 0.5) is 5.69 Å². The number of anilines is 1. The lowest BCUT2D eigenvalue weighted by Crippen LogP contribution is -2.29. The normalized spacial score (nSPS) is 26.1. The maximum atomic E-state index is 3.76. The lowest BCUT2D eigenvalue weighted by molar-refractivity contribution is 0.425. The Morgan fingerprint density at radius 3 is 2.52 bits per heavy atom. The lowest BCUT2D eigenvalue weighted by Gasteiger charge is -2.37. The van der Waals surface area contributed by atoms with Gasteiger partial charge in [-0.25, -0.2) is 0 Å². The van der Waals surface area contributed by atoms with Crippen LogP contribution in [0.3, 0.4) is 0 Å². The molecular formula is C18H15Br2N. The maximum Gasteiger partial charge on any atom is 0.0553 e. The van der Waals surface area contributed by atoms with Gasteiger partial charge in [0.2, 0.25) is 0 Å². The summed E-state index contributed by atoms with van der Waals surface area (Å²) >= 11 is 7.12. The fourth-order valence-corrected chi connectivity index (χ4v) is 4.21. The van der Waals surface area contributed by atoms with Crippen molar-refractivity contribution in [1.29, 1.82) is 0 Å². The van der Waals surface area contributed by atoms with E-state index in [1.807, 2.05) is 0 Å². The maximum absolute atomic E-state index is 3.76. The van der Waals surface area contributed by atoms with E-state index in [2.05, 4.69) is 91.8 Å². The second-order valence-electron chi connectivity index (χ2n) is 5.76. The highest BCUT2D eigenvalue weighted by atomic mass is 79.9. The van der Waals surface area contributed by atoms with Gasteiger partial charge in [0.05, 0.1) is 6.04 Å². The predicted octanol–water partition coefficient (Wildman–Crippen LogP) is 6.04. The Morgan fingerprint density at radius 1 is 0.952 bits per heavy atom. The number of nitrogens with one attached hydrogen (secondary N) is 1. The second kappa shape index (κ2) is 5.29. The molecule has 2 aromatic carbocycles. The van der Waals surface area contributed by atoms with E-state index in [0.29, 0.717) is 17.9 Å². The van der Waals surface area contributed by atoms with E-state index >= 15 is 0 Å². The molecule has 0 aromatic heterocycles. The standard InChI is InChI=1S/C18H15Br2N/c19-12-6-4-11(5-7-12)18-15-3-1-2-14(15)16-10-13(20)8-9-17(16)21-18/h1-2,4-10,14-15,18,21H,3H2/t14-,15+,18-/m0/s1. The van der Waals surface area contributed by atoms with Crippen molar-refractivity contribution in [3.8, 4) is 0 Å². The average Bonchev–Trinajstić information content (AvgIpc) is 2.97. The van der Waals surface area contributed by atoms with Gasteiger partial charge in [-0.2, -0.15) is 0 Å². The quantitative estimate of drug-likeness (QED) is 0.571. The molecule has 1 aliphatic heterocycles. The molecule has 0 amide bonds. The molecule has 0 fully saturated rings. The van der Waals surface area contributed by atoms with Gasteiger partial charge < -0.3 is 5.32 Å². The highest BCUT2D eigenvalue weighted by Crippen LogP contribution is 2.50. The van der Waals surface area contributed by atoms with Crippen LogP contribution in [0.25, 0.3) is 0 Å². The molecule has 0 unspecified atom stereocenters. The summed E-state index contributed by atoms with van der Waals surface area (Å²) in [5, 5.41) is 3.76. The van der Waals surface area contributed by atoms with E-state index in [-0.39, 0.29) is 0 Å². The molecule has 1 heterocycles. The zero-order valence-corrected chi connectivity index (χ0v) is 14.6. The molecule has 1 N–H and O–H groups in total. The molecule has 106 valence electrons.